The van der Waals surface area contributed by atoms with E-state index in [-0.39, 0.29) is 17.3 Å². The van der Waals surface area contributed by atoms with Gasteiger partial charge in [0.15, 0.2) is 0 Å². The number of carbonyl (C=O) groups excluding carboxylic acids is 1. The molecule has 8 nitrogen and oxygen atoms in total. The van der Waals surface area contributed by atoms with E-state index in [4.69, 9.17) is 0 Å². The molecule has 0 radical (unpaired) electrons. The van der Waals surface area contributed by atoms with Crippen molar-refractivity contribution in [3.05, 3.63) is 5.01 Å². The van der Waals surface area contributed by atoms with E-state index < -0.39 is 15.9 Å². The minimum Gasteiger partial charge on any atom is -0.360 e. The molecule has 10 heteroatoms. The first-order valence-electron chi connectivity index (χ1n) is 5.75. The van der Waals surface area contributed by atoms with E-state index in [0.29, 0.717) is 5.13 Å². The molecular weight excluding hydrogens is 290 g/mol. The Hall–Kier alpha value is -1.26. The van der Waals surface area contributed by atoms with Gasteiger partial charge in [0.2, 0.25) is 20.2 Å². The van der Waals surface area contributed by atoms with Gasteiger partial charge in [-0.1, -0.05) is 18.3 Å². The number of nitrogens with zero attached hydrogens (tertiary/aromatic N) is 2. The van der Waals surface area contributed by atoms with Crippen molar-refractivity contribution in [3.63, 3.8) is 0 Å². The number of hydrogen-bond donors (Lipinski definition) is 3. The first-order valence-corrected chi connectivity index (χ1v) is 8.22. The van der Waals surface area contributed by atoms with Crippen LogP contribution in [0.2, 0.25) is 0 Å². The normalized spacial score (nSPS) is 11.3. The van der Waals surface area contributed by atoms with Gasteiger partial charge in [-0.15, -0.1) is 10.2 Å². The van der Waals surface area contributed by atoms with Crippen LogP contribution in [-0.4, -0.2) is 50.4 Å². The van der Waals surface area contributed by atoms with Crippen molar-refractivity contribution in [2.24, 2.45) is 0 Å². The highest BCUT2D eigenvalue weighted by atomic mass is 32.2. The smallest absolute Gasteiger partial charge is 0.282 e. The van der Waals surface area contributed by atoms with Gasteiger partial charge < -0.3 is 10.6 Å². The molecule has 0 saturated heterocycles. The van der Waals surface area contributed by atoms with E-state index in [9.17, 15) is 13.2 Å². The van der Waals surface area contributed by atoms with E-state index in [1.165, 1.54) is 7.05 Å². The van der Waals surface area contributed by atoms with Crippen LogP contribution in [0.4, 0.5) is 5.13 Å². The number of anilines is 1. The van der Waals surface area contributed by atoms with Gasteiger partial charge >= 0.3 is 0 Å². The molecule has 0 unspecified atom stereocenters. The number of carbonyl (C=O) groups is 1. The van der Waals surface area contributed by atoms with Gasteiger partial charge in [0, 0.05) is 13.1 Å². The molecule has 0 aromatic carbocycles. The Morgan fingerprint density at radius 2 is 2.05 bits per heavy atom. The van der Waals surface area contributed by atoms with Crippen LogP contribution >= 0.6 is 11.3 Å². The summed E-state index contributed by atoms with van der Waals surface area (Å²) in [6.45, 7) is 2.81. The van der Waals surface area contributed by atoms with Gasteiger partial charge in [-0.3, -0.25) is 4.79 Å². The standard InChI is InChI=1S/C9H17N5O3S2/c1-3-4-12-9-14-13-8(18-9)7(15)11-5-6-19(16,17)10-2/h10H,3-6H2,1-2H3,(H,11,15)(H,12,14). The van der Waals surface area contributed by atoms with Crippen molar-refractivity contribution < 1.29 is 13.2 Å². The van der Waals surface area contributed by atoms with Crippen LogP contribution in [0.15, 0.2) is 0 Å². The summed E-state index contributed by atoms with van der Waals surface area (Å²) in [4.78, 5) is 11.7. The monoisotopic (exact) mass is 307 g/mol. The molecular formula is C9H17N5O3S2. The molecule has 0 aliphatic heterocycles. The fourth-order valence-corrected chi connectivity index (χ4v) is 2.36. The van der Waals surface area contributed by atoms with E-state index >= 15 is 0 Å². The van der Waals surface area contributed by atoms with Gasteiger partial charge in [0.1, 0.15) is 0 Å². The molecule has 0 fully saturated rings. The molecule has 19 heavy (non-hydrogen) atoms. The molecule has 1 amide bonds. The van der Waals surface area contributed by atoms with Gasteiger partial charge in [-0.05, 0) is 13.5 Å². The zero-order chi connectivity index (χ0) is 14.3. The number of amides is 1. The van der Waals surface area contributed by atoms with E-state index in [0.717, 1.165) is 24.3 Å². The van der Waals surface area contributed by atoms with Gasteiger partial charge in [-0.2, -0.15) is 0 Å². The minimum absolute atomic E-state index is 0.0271. The average molecular weight is 307 g/mol. The molecule has 1 heterocycles. The number of aromatic nitrogens is 2. The maximum absolute atomic E-state index is 11.7. The summed E-state index contributed by atoms with van der Waals surface area (Å²) in [5.41, 5.74) is 0. The minimum atomic E-state index is -3.31. The summed E-state index contributed by atoms with van der Waals surface area (Å²) in [5, 5.41) is 13.8. The Labute approximate surface area is 116 Å². The lowest BCUT2D eigenvalue weighted by Crippen LogP contribution is -2.32. The van der Waals surface area contributed by atoms with Crippen LogP contribution in [0.3, 0.4) is 0 Å². The van der Waals surface area contributed by atoms with E-state index in [1.807, 2.05) is 6.92 Å². The van der Waals surface area contributed by atoms with Crippen LogP contribution in [0.1, 0.15) is 23.1 Å². The first-order chi connectivity index (χ1) is 8.98. The second-order valence-electron chi connectivity index (χ2n) is 3.62. The van der Waals surface area contributed by atoms with Crippen LogP contribution < -0.4 is 15.4 Å². The van der Waals surface area contributed by atoms with Gasteiger partial charge in [0.25, 0.3) is 5.91 Å². The molecule has 1 rings (SSSR count). The molecule has 108 valence electrons. The second kappa shape index (κ2) is 7.36. The quantitative estimate of drug-likeness (QED) is 0.604. The van der Waals surface area contributed by atoms with Crippen molar-refractivity contribution in [3.8, 4) is 0 Å². The lowest BCUT2D eigenvalue weighted by Gasteiger charge is -2.03. The van der Waals surface area contributed by atoms with Gasteiger partial charge in [0.05, 0.1) is 5.75 Å². The van der Waals surface area contributed by atoms with Gasteiger partial charge in [-0.25, -0.2) is 13.1 Å². The molecule has 0 atom stereocenters. The predicted octanol–water partition coefficient (Wildman–Crippen LogP) is -0.361. The fraction of sp³-hybridized carbons (Fsp3) is 0.667. The SMILES string of the molecule is CCCNc1nnc(C(=O)NCCS(=O)(=O)NC)s1. The average Bonchev–Trinajstić information content (AvgIpc) is 2.85. The predicted molar refractivity (Wildman–Crippen MR) is 73.9 cm³/mol. The van der Waals surface area contributed by atoms with Crippen molar-refractivity contribution in [1.82, 2.24) is 20.2 Å². The maximum Gasteiger partial charge on any atom is 0.282 e. The largest absolute Gasteiger partial charge is 0.360 e. The lowest BCUT2D eigenvalue weighted by molar-refractivity contribution is 0.0955. The van der Waals surface area contributed by atoms with Crippen LogP contribution in [0.5, 0.6) is 0 Å². The molecule has 0 aliphatic rings. The molecule has 0 bridgehead atoms. The summed E-state index contributed by atoms with van der Waals surface area (Å²) in [5.74, 6) is -0.594. The highest BCUT2D eigenvalue weighted by Gasteiger charge is 2.13. The van der Waals surface area contributed by atoms with Crippen molar-refractivity contribution in [2.45, 2.75) is 13.3 Å². The number of rotatable bonds is 8. The highest BCUT2D eigenvalue weighted by Crippen LogP contribution is 2.14. The van der Waals surface area contributed by atoms with Crippen molar-refractivity contribution in [2.75, 3.05) is 31.2 Å². The number of sulfonamides is 1. The summed E-state index contributed by atoms with van der Waals surface area (Å²) in [7, 11) is -1.99. The fourth-order valence-electron chi connectivity index (χ4n) is 1.09. The number of nitrogens with one attached hydrogen (secondary N) is 3. The Balaban J connectivity index is 2.43. The topological polar surface area (TPSA) is 113 Å². The summed E-state index contributed by atoms with van der Waals surface area (Å²) < 4.78 is 24.5. The highest BCUT2D eigenvalue weighted by molar-refractivity contribution is 7.89. The molecule has 0 saturated carbocycles. The van der Waals surface area contributed by atoms with Crippen LogP contribution in [0.25, 0.3) is 0 Å². The third kappa shape index (κ3) is 5.49. The second-order valence-corrected chi connectivity index (χ2v) is 6.64. The Morgan fingerprint density at radius 1 is 1.32 bits per heavy atom. The Morgan fingerprint density at radius 3 is 2.68 bits per heavy atom. The Bertz CT molecular complexity index is 514. The van der Waals surface area contributed by atoms with Crippen LogP contribution in [-0.2, 0) is 10.0 Å². The Kier molecular flexibility index (Phi) is 6.12. The third-order valence-corrected chi connectivity index (χ3v) is 4.36. The van der Waals surface area contributed by atoms with Crippen LogP contribution in [0, 0.1) is 0 Å². The van der Waals surface area contributed by atoms with E-state index in [2.05, 4.69) is 25.6 Å². The molecule has 0 spiro atoms. The zero-order valence-electron chi connectivity index (χ0n) is 10.8. The lowest BCUT2D eigenvalue weighted by atomic mass is 10.5. The molecule has 1 aromatic heterocycles. The van der Waals surface area contributed by atoms with Crippen molar-refractivity contribution in [1.29, 1.82) is 0 Å². The number of hydrogen-bond acceptors (Lipinski definition) is 7. The molecule has 3 N–H and O–H groups in total. The molecule has 1 aromatic rings. The zero-order valence-corrected chi connectivity index (χ0v) is 12.4. The summed E-state index contributed by atoms with van der Waals surface area (Å²) in [6, 6.07) is 0. The third-order valence-electron chi connectivity index (χ3n) is 2.11. The summed E-state index contributed by atoms with van der Waals surface area (Å²) in [6.07, 6.45) is 0.947. The van der Waals surface area contributed by atoms with E-state index in [1.54, 1.807) is 0 Å². The van der Waals surface area contributed by atoms with Crippen molar-refractivity contribution >= 4 is 32.4 Å². The maximum atomic E-state index is 11.7. The summed E-state index contributed by atoms with van der Waals surface area (Å²) >= 11 is 1.13. The first kappa shape index (κ1) is 15.8. The molecule has 0 aliphatic carbocycles.